The van der Waals surface area contributed by atoms with E-state index in [-0.39, 0.29) is 6.61 Å². The quantitative estimate of drug-likeness (QED) is 0.698. The fraction of sp³-hybridized carbons (Fsp3) is 0.400. The Labute approximate surface area is 83.2 Å². The molecule has 0 fully saturated rings. The third kappa shape index (κ3) is 2.44. The van der Waals surface area contributed by atoms with Gasteiger partial charge in [0, 0.05) is 19.3 Å². The highest BCUT2D eigenvalue weighted by molar-refractivity contribution is 5.55. The van der Waals surface area contributed by atoms with Crippen LogP contribution in [0.25, 0.3) is 0 Å². The summed E-state index contributed by atoms with van der Waals surface area (Å²) in [6, 6.07) is 3.90. The Kier molecular flexibility index (Phi) is 3.89. The minimum Gasteiger partial charge on any atom is -0.396 e. The van der Waals surface area contributed by atoms with E-state index in [0.717, 1.165) is 5.56 Å². The molecule has 0 radical (unpaired) electrons. The lowest BCUT2D eigenvalue weighted by atomic mass is 10.1. The number of aryl methyl sites for hydroxylation is 1. The number of nitriles is 1. The maximum Gasteiger partial charge on any atom is 0.144 e. The summed E-state index contributed by atoms with van der Waals surface area (Å²) >= 11 is 0. The molecule has 2 N–H and O–H groups in total. The number of aliphatic hydroxyl groups excluding tert-OH is 1. The summed E-state index contributed by atoms with van der Waals surface area (Å²) in [5, 5.41) is 20.5. The van der Waals surface area contributed by atoms with E-state index in [9.17, 15) is 0 Å². The number of nitrogens with zero attached hydrogens (tertiary/aromatic N) is 2. The standard InChI is InChI=1S/C10H13N3O/c1-8-3-5-13-10(9(8)7-11)12-4-2-6-14/h3,5,14H,2,4,6H2,1H3,(H,12,13). The number of aromatic nitrogens is 1. The number of hydrogen-bond acceptors (Lipinski definition) is 4. The summed E-state index contributed by atoms with van der Waals surface area (Å²) in [4.78, 5) is 4.07. The molecule has 0 saturated heterocycles. The summed E-state index contributed by atoms with van der Waals surface area (Å²) in [5.74, 6) is 0.598. The molecular formula is C10H13N3O. The average molecular weight is 191 g/mol. The molecule has 0 spiro atoms. The Hall–Kier alpha value is -1.60. The lowest BCUT2D eigenvalue weighted by molar-refractivity contribution is 0.292. The Bertz CT molecular complexity index is 344. The molecule has 0 amide bonds. The molecule has 0 aliphatic carbocycles. The second-order valence-corrected chi connectivity index (χ2v) is 2.97. The van der Waals surface area contributed by atoms with Crippen molar-refractivity contribution in [2.24, 2.45) is 0 Å². The van der Waals surface area contributed by atoms with E-state index < -0.39 is 0 Å². The van der Waals surface area contributed by atoms with Gasteiger partial charge in [0.25, 0.3) is 0 Å². The second kappa shape index (κ2) is 5.20. The van der Waals surface area contributed by atoms with Crippen molar-refractivity contribution in [3.63, 3.8) is 0 Å². The SMILES string of the molecule is Cc1ccnc(NCCCO)c1C#N. The molecule has 1 heterocycles. The predicted octanol–water partition coefficient (Wildman–Crippen LogP) is 1.06. The van der Waals surface area contributed by atoms with Crippen LogP contribution < -0.4 is 5.32 Å². The fourth-order valence-electron chi connectivity index (χ4n) is 1.12. The molecule has 0 atom stereocenters. The zero-order chi connectivity index (χ0) is 10.4. The molecule has 0 saturated carbocycles. The van der Waals surface area contributed by atoms with Gasteiger partial charge in [0.1, 0.15) is 11.9 Å². The van der Waals surface area contributed by atoms with E-state index in [2.05, 4.69) is 16.4 Å². The van der Waals surface area contributed by atoms with E-state index in [4.69, 9.17) is 10.4 Å². The first-order chi connectivity index (χ1) is 6.79. The molecule has 0 aromatic carbocycles. The van der Waals surface area contributed by atoms with Crippen molar-refractivity contribution in [3.05, 3.63) is 23.4 Å². The highest BCUT2D eigenvalue weighted by Gasteiger charge is 2.04. The smallest absolute Gasteiger partial charge is 0.144 e. The van der Waals surface area contributed by atoms with Gasteiger partial charge in [-0.1, -0.05) is 0 Å². The van der Waals surface area contributed by atoms with Gasteiger partial charge in [0.15, 0.2) is 0 Å². The van der Waals surface area contributed by atoms with E-state index in [0.29, 0.717) is 24.3 Å². The monoisotopic (exact) mass is 191 g/mol. The van der Waals surface area contributed by atoms with Crippen LogP contribution in [0.3, 0.4) is 0 Å². The molecule has 74 valence electrons. The summed E-state index contributed by atoms with van der Waals surface area (Å²) in [6.45, 7) is 2.64. The Morgan fingerprint density at radius 3 is 3.07 bits per heavy atom. The summed E-state index contributed by atoms with van der Waals surface area (Å²) in [5.41, 5.74) is 1.49. The lowest BCUT2D eigenvalue weighted by Crippen LogP contribution is -2.07. The number of nitrogens with one attached hydrogen (secondary N) is 1. The number of pyridine rings is 1. The number of anilines is 1. The van der Waals surface area contributed by atoms with Crippen molar-refractivity contribution in [1.82, 2.24) is 4.98 Å². The van der Waals surface area contributed by atoms with Crippen molar-refractivity contribution in [1.29, 1.82) is 5.26 Å². The molecule has 1 aromatic heterocycles. The van der Waals surface area contributed by atoms with Gasteiger partial charge in [0.2, 0.25) is 0 Å². The Balaban J connectivity index is 2.76. The van der Waals surface area contributed by atoms with Crippen LogP contribution in [0.2, 0.25) is 0 Å². The van der Waals surface area contributed by atoms with Gasteiger partial charge in [-0.3, -0.25) is 0 Å². The summed E-state index contributed by atoms with van der Waals surface area (Å²) in [6.07, 6.45) is 2.32. The van der Waals surface area contributed by atoms with Crippen molar-refractivity contribution < 1.29 is 5.11 Å². The number of rotatable bonds is 4. The van der Waals surface area contributed by atoms with E-state index in [1.54, 1.807) is 12.3 Å². The summed E-state index contributed by atoms with van der Waals surface area (Å²) < 4.78 is 0. The predicted molar refractivity (Wildman–Crippen MR) is 53.9 cm³/mol. The number of aliphatic hydroxyl groups is 1. The third-order valence-corrected chi connectivity index (χ3v) is 1.90. The minimum atomic E-state index is 0.140. The highest BCUT2D eigenvalue weighted by Crippen LogP contribution is 2.14. The van der Waals surface area contributed by atoms with Crippen LogP contribution in [0.1, 0.15) is 17.5 Å². The van der Waals surface area contributed by atoms with Crippen molar-refractivity contribution in [2.75, 3.05) is 18.5 Å². The molecule has 0 aliphatic heterocycles. The molecule has 14 heavy (non-hydrogen) atoms. The van der Waals surface area contributed by atoms with Gasteiger partial charge in [0.05, 0.1) is 5.56 Å². The molecule has 0 bridgehead atoms. The van der Waals surface area contributed by atoms with E-state index in [1.165, 1.54) is 0 Å². The maximum absolute atomic E-state index is 8.88. The van der Waals surface area contributed by atoms with E-state index >= 15 is 0 Å². The molecule has 4 heteroatoms. The van der Waals surface area contributed by atoms with Gasteiger partial charge in [-0.05, 0) is 25.0 Å². The van der Waals surface area contributed by atoms with Crippen LogP contribution in [0.5, 0.6) is 0 Å². The van der Waals surface area contributed by atoms with Gasteiger partial charge < -0.3 is 10.4 Å². The van der Waals surface area contributed by atoms with Crippen LogP contribution in [0.15, 0.2) is 12.3 Å². The van der Waals surface area contributed by atoms with Gasteiger partial charge in [-0.15, -0.1) is 0 Å². The molecule has 1 aromatic rings. The lowest BCUT2D eigenvalue weighted by Gasteiger charge is -2.07. The normalized spacial score (nSPS) is 9.50. The molecule has 4 nitrogen and oxygen atoms in total. The van der Waals surface area contributed by atoms with E-state index in [1.807, 2.05) is 6.92 Å². The third-order valence-electron chi connectivity index (χ3n) is 1.90. The van der Waals surface area contributed by atoms with Gasteiger partial charge >= 0.3 is 0 Å². The molecule has 1 rings (SSSR count). The first-order valence-corrected chi connectivity index (χ1v) is 4.50. The number of hydrogen-bond donors (Lipinski definition) is 2. The fourth-order valence-corrected chi connectivity index (χ4v) is 1.12. The van der Waals surface area contributed by atoms with Crippen LogP contribution in [0.4, 0.5) is 5.82 Å². The van der Waals surface area contributed by atoms with Gasteiger partial charge in [-0.2, -0.15) is 5.26 Å². The maximum atomic E-state index is 8.88. The topological polar surface area (TPSA) is 68.9 Å². The van der Waals surface area contributed by atoms with Crippen LogP contribution >= 0.6 is 0 Å². The highest BCUT2D eigenvalue weighted by atomic mass is 16.3. The molecule has 0 unspecified atom stereocenters. The molecule has 0 aliphatic rings. The largest absolute Gasteiger partial charge is 0.396 e. The Morgan fingerprint density at radius 2 is 2.43 bits per heavy atom. The first kappa shape index (κ1) is 10.5. The van der Waals surface area contributed by atoms with Crippen LogP contribution in [-0.4, -0.2) is 23.2 Å². The van der Waals surface area contributed by atoms with Gasteiger partial charge in [-0.25, -0.2) is 4.98 Å². The second-order valence-electron chi connectivity index (χ2n) is 2.97. The minimum absolute atomic E-state index is 0.140. The van der Waals surface area contributed by atoms with Crippen molar-refractivity contribution in [2.45, 2.75) is 13.3 Å². The zero-order valence-corrected chi connectivity index (χ0v) is 8.12. The Morgan fingerprint density at radius 1 is 1.64 bits per heavy atom. The van der Waals surface area contributed by atoms with Crippen LogP contribution in [-0.2, 0) is 0 Å². The van der Waals surface area contributed by atoms with Crippen molar-refractivity contribution in [3.8, 4) is 6.07 Å². The zero-order valence-electron chi connectivity index (χ0n) is 8.12. The van der Waals surface area contributed by atoms with Crippen LogP contribution in [0, 0.1) is 18.3 Å². The summed E-state index contributed by atoms with van der Waals surface area (Å²) in [7, 11) is 0. The average Bonchev–Trinajstić information content (AvgIpc) is 2.18. The molecular weight excluding hydrogens is 178 g/mol. The first-order valence-electron chi connectivity index (χ1n) is 4.50. The van der Waals surface area contributed by atoms with Crippen molar-refractivity contribution >= 4 is 5.82 Å².